The molecule has 2 aromatic rings. The maximum absolute atomic E-state index is 12.5. The molecule has 2 heterocycles. The van der Waals surface area contributed by atoms with Crippen LogP contribution in [0.3, 0.4) is 0 Å². The Morgan fingerprint density at radius 1 is 1.25 bits per heavy atom. The highest BCUT2D eigenvalue weighted by Crippen LogP contribution is 2.32. The Balaban J connectivity index is 1.41. The summed E-state index contributed by atoms with van der Waals surface area (Å²) in [7, 11) is 0. The molecular formula is C22H25ClN4O4S. The summed E-state index contributed by atoms with van der Waals surface area (Å²) in [5.41, 5.74) is 0.593. The Labute approximate surface area is 195 Å². The molecule has 1 aliphatic rings. The van der Waals surface area contributed by atoms with E-state index in [-0.39, 0.29) is 42.0 Å². The summed E-state index contributed by atoms with van der Waals surface area (Å²) >= 11 is 6.75. The summed E-state index contributed by atoms with van der Waals surface area (Å²) in [6.07, 6.45) is 3.01. The number of benzene rings is 1. The summed E-state index contributed by atoms with van der Waals surface area (Å²) in [4.78, 5) is 42.6. The van der Waals surface area contributed by atoms with Crippen LogP contribution in [0.2, 0.25) is 5.02 Å². The number of imide groups is 1. The topological polar surface area (TPSA) is 105 Å². The van der Waals surface area contributed by atoms with Crippen molar-refractivity contribution in [3.8, 4) is 0 Å². The summed E-state index contributed by atoms with van der Waals surface area (Å²) in [6, 6.07) is 6.98. The first-order valence-corrected chi connectivity index (χ1v) is 11.4. The zero-order valence-electron chi connectivity index (χ0n) is 18.2. The van der Waals surface area contributed by atoms with Gasteiger partial charge in [0.05, 0.1) is 4.91 Å². The fraction of sp³-hybridized carbons (Fsp3) is 0.409. The number of carbonyl (C=O) groups is 3. The predicted molar refractivity (Wildman–Crippen MR) is 123 cm³/mol. The Hall–Kier alpha value is -2.65. The molecular weight excluding hydrogens is 452 g/mol. The van der Waals surface area contributed by atoms with Crippen LogP contribution in [-0.4, -0.2) is 45.2 Å². The van der Waals surface area contributed by atoms with Gasteiger partial charge in [0, 0.05) is 36.4 Å². The van der Waals surface area contributed by atoms with Gasteiger partial charge < -0.3 is 9.84 Å². The highest BCUT2D eigenvalue weighted by atomic mass is 35.5. The second-order valence-electron chi connectivity index (χ2n) is 8.35. The zero-order chi connectivity index (χ0) is 23.3. The van der Waals surface area contributed by atoms with Gasteiger partial charge in [-0.25, -0.2) is 0 Å². The normalized spacial score (nSPS) is 15.6. The molecule has 1 aromatic carbocycles. The van der Waals surface area contributed by atoms with E-state index in [9.17, 15) is 14.4 Å². The third kappa shape index (κ3) is 6.43. The van der Waals surface area contributed by atoms with E-state index in [1.165, 1.54) is 0 Å². The van der Waals surface area contributed by atoms with E-state index in [1.54, 1.807) is 30.3 Å². The highest BCUT2D eigenvalue weighted by Gasteiger charge is 2.34. The monoisotopic (exact) mass is 476 g/mol. The average Bonchev–Trinajstić information content (AvgIpc) is 3.30. The van der Waals surface area contributed by atoms with Gasteiger partial charge in [-0.2, -0.15) is 4.98 Å². The SMILES string of the molecule is CC(C)(C)c1noc(CCCC(=O)NCCN2C(=O)S/C(=C/c3ccc(Cl)cc3)C2=O)n1. The lowest BCUT2D eigenvalue weighted by Crippen LogP contribution is -2.37. The molecule has 0 bridgehead atoms. The molecule has 1 fully saturated rings. The molecule has 0 spiro atoms. The number of nitrogens with zero attached hydrogens (tertiary/aromatic N) is 3. The van der Waals surface area contributed by atoms with Crippen molar-refractivity contribution in [3.05, 3.63) is 51.5 Å². The first-order valence-electron chi connectivity index (χ1n) is 10.2. The number of rotatable bonds is 8. The van der Waals surface area contributed by atoms with Crippen LogP contribution in [0.15, 0.2) is 33.7 Å². The molecule has 10 heteroatoms. The van der Waals surface area contributed by atoms with Gasteiger partial charge in [0.2, 0.25) is 11.8 Å². The van der Waals surface area contributed by atoms with Gasteiger partial charge in [-0.3, -0.25) is 19.3 Å². The number of amides is 3. The van der Waals surface area contributed by atoms with E-state index in [0.29, 0.717) is 34.5 Å². The highest BCUT2D eigenvalue weighted by molar-refractivity contribution is 8.18. The van der Waals surface area contributed by atoms with Crippen LogP contribution in [0.4, 0.5) is 4.79 Å². The number of aryl methyl sites for hydroxylation is 1. The van der Waals surface area contributed by atoms with Gasteiger partial charge in [-0.1, -0.05) is 49.7 Å². The summed E-state index contributed by atoms with van der Waals surface area (Å²) < 4.78 is 5.22. The fourth-order valence-corrected chi connectivity index (χ4v) is 3.85. The van der Waals surface area contributed by atoms with Crippen molar-refractivity contribution in [2.24, 2.45) is 0 Å². The zero-order valence-corrected chi connectivity index (χ0v) is 19.8. The van der Waals surface area contributed by atoms with E-state index in [0.717, 1.165) is 22.2 Å². The molecule has 0 saturated carbocycles. The number of nitrogens with one attached hydrogen (secondary N) is 1. The third-order valence-corrected chi connectivity index (χ3v) is 5.79. The molecule has 1 N–H and O–H groups in total. The molecule has 170 valence electrons. The van der Waals surface area contributed by atoms with Gasteiger partial charge in [-0.05, 0) is 42.0 Å². The number of carbonyl (C=O) groups excluding carboxylic acids is 3. The van der Waals surface area contributed by atoms with Gasteiger partial charge in [0.25, 0.3) is 11.1 Å². The predicted octanol–water partition coefficient (Wildman–Crippen LogP) is 4.20. The minimum atomic E-state index is -0.366. The van der Waals surface area contributed by atoms with Crippen LogP contribution in [-0.2, 0) is 21.4 Å². The van der Waals surface area contributed by atoms with Crippen LogP contribution in [0, 0.1) is 0 Å². The standard InChI is InChI=1S/C22H25ClN4O4S/c1-22(2,3)20-25-18(31-26-20)6-4-5-17(28)24-11-12-27-19(29)16(32-21(27)30)13-14-7-9-15(23)10-8-14/h7-10,13H,4-6,11-12H2,1-3H3,(H,24,28)/b16-13+. The van der Waals surface area contributed by atoms with Crippen LogP contribution in [0.5, 0.6) is 0 Å². The lowest BCUT2D eigenvalue weighted by Gasteiger charge is -2.12. The van der Waals surface area contributed by atoms with Gasteiger partial charge in [0.15, 0.2) is 5.82 Å². The van der Waals surface area contributed by atoms with Crippen molar-refractivity contribution >= 4 is 46.5 Å². The van der Waals surface area contributed by atoms with E-state index < -0.39 is 0 Å². The van der Waals surface area contributed by atoms with Crippen molar-refractivity contribution in [3.63, 3.8) is 0 Å². The first-order chi connectivity index (χ1) is 15.1. The van der Waals surface area contributed by atoms with Gasteiger partial charge in [0.1, 0.15) is 0 Å². The smallest absolute Gasteiger partial charge is 0.293 e. The van der Waals surface area contributed by atoms with Crippen LogP contribution in [0.25, 0.3) is 6.08 Å². The molecule has 8 nitrogen and oxygen atoms in total. The molecule has 3 rings (SSSR count). The molecule has 0 atom stereocenters. The Kier molecular flexibility index (Phi) is 7.73. The largest absolute Gasteiger partial charge is 0.354 e. The maximum Gasteiger partial charge on any atom is 0.293 e. The molecule has 1 saturated heterocycles. The Bertz CT molecular complexity index is 1030. The molecule has 0 unspecified atom stereocenters. The number of halogens is 1. The number of hydrogen-bond donors (Lipinski definition) is 1. The lowest BCUT2D eigenvalue weighted by atomic mass is 9.96. The van der Waals surface area contributed by atoms with Crippen molar-refractivity contribution in [1.29, 1.82) is 0 Å². The summed E-state index contributed by atoms with van der Waals surface area (Å²) in [6.45, 7) is 6.31. The van der Waals surface area contributed by atoms with Crippen LogP contribution < -0.4 is 5.32 Å². The summed E-state index contributed by atoms with van der Waals surface area (Å²) in [5, 5.41) is 6.95. The molecule has 3 amide bonds. The van der Waals surface area contributed by atoms with Gasteiger partial charge in [-0.15, -0.1) is 0 Å². The molecule has 1 aromatic heterocycles. The fourth-order valence-electron chi connectivity index (χ4n) is 2.86. The molecule has 32 heavy (non-hydrogen) atoms. The van der Waals surface area contributed by atoms with Crippen LogP contribution >= 0.6 is 23.4 Å². The van der Waals surface area contributed by atoms with E-state index in [1.807, 2.05) is 20.8 Å². The molecule has 0 aliphatic carbocycles. The van der Waals surface area contributed by atoms with E-state index >= 15 is 0 Å². The van der Waals surface area contributed by atoms with Crippen molar-refractivity contribution in [2.75, 3.05) is 13.1 Å². The Morgan fingerprint density at radius 2 is 1.97 bits per heavy atom. The van der Waals surface area contributed by atoms with Crippen molar-refractivity contribution in [2.45, 2.75) is 45.4 Å². The van der Waals surface area contributed by atoms with E-state index in [2.05, 4.69) is 15.5 Å². The maximum atomic E-state index is 12.5. The number of aromatic nitrogens is 2. The third-order valence-electron chi connectivity index (χ3n) is 4.63. The first kappa shape index (κ1) is 24.0. The average molecular weight is 477 g/mol. The minimum Gasteiger partial charge on any atom is -0.354 e. The van der Waals surface area contributed by atoms with Crippen molar-refractivity contribution < 1.29 is 18.9 Å². The molecule has 1 aliphatic heterocycles. The van der Waals surface area contributed by atoms with Crippen LogP contribution in [0.1, 0.15) is 50.9 Å². The quantitative estimate of drug-likeness (QED) is 0.569. The minimum absolute atomic E-state index is 0.118. The van der Waals surface area contributed by atoms with E-state index in [4.69, 9.17) is 16.1 Å². The van der Waals surface area contributed by atoms with Crippen molar-refractivity contribution in [1.82, 2.24) is 20.4 Å². The second kappa shape index (κ2) is 10.3. The second-order valence-corrected chi connectivity index (χ2v) is 9.78. The number of thioether (sulfide) groups is 1. The summed E-state index contributed by atoms with van der Waals surface area (Å²) in [5.74, 6) is 0.617. The Morgan fingerprint density at radius 3 is 2.62 bits per heavy atom. The molecule has 0 radical (unpaired) electrons. The van der Waals surface area contributed by atoms with Gasteiger partial charge >= 0.3 is 0 Å². The number of hydrogen-bond acceptors (Lipinski definition) is 7. The lowest BCUT2D eigenvalue weighted by molar-refractivity contribution is -0.124.